The number of para-hydroxylation sites is 2. The van der Waals surface area contributed by atoms with Crippen LogP contribution in [0, 0.1) is 5.92 Å². The van der Waals surface area contributed by atoms with E-state index in [2.05, 4.69) is 23.2 Å². The molecule has 1 aromatic carbocycles. The Hall–Kier alpha value is -1.22. The maximum atomic E-state index is 5.91. The molecule has 1 fully saturated rings. The second-order valence-corrected chi connectivity index (χ2v) is 4.85. The van der Waals surface area contributed by atoms with Crippen LogP contribution >= 0.6 is 0 Å². The van der Waals surface area contributed by atoms with Crippen molar-refractivity contribution in [3.63, 3.8) is 0 Å². The number of nitrogen functional groups attached to an aromatic ring is 1. The Bertz CT molecular complexity index is 343. The first-order valence-electron chi connectivity index (χ1n) is 6.60. The van der Waals surface area contributed by atoms with Crippen LogP contribution in [0.1, 0.15) is 19.8 Å². The molecule has 94 valence electrons. The molecule has 1 aliphatic heterocycles. The lowest BCUT2D eigenvalue weighted by Gasteiger charge is -2.31. The van der Waals surface area contributed by atoms with Crippen molar-refractivity contribution in [3.8, 4) is 0 Å². The molecule has 3 N–H and O–H groups in total. The van der Waals surface area contributed by atoms with E-state index in [0.29, 0.717) is 0 Å². The molecule has 0 amide bonds. The highest BCUT2D eigenvalue weighted by Gasteiger charge is 2.17. The molecule has 17 heavy (non-hydrogen) atoms. The van der Waals surface area contributed by atoms with Crippen LogP contribution < -0.4 is 11.1 Å². The van der Waals surface area contributed by atoms with E-state index in [1.807, 2.05) is 18.2 Å². The number of anilines is 2. The largest absolute Gasteiger partial charge is 0.397 e. The van der Waals surface area contributed by atoms with Crippen LogP contribution in [0.25, 0.3) is 0 Å². The summed E-state index contributed by atoms with van der Waals surface area (Å²) >= 11 is 0. The van der Waals surface area contributed by atoms with E-state index < -0.39 is 0 Å². The summed E-state index contributed by atoms with van der Waals surface area (Å²) in [5.41, 5.74) is 7.83. The highest BCUT2D eigenvalue weighted by Crippen LogP contribution is 2.21. The van der Waals surface area contributed by atoms with Gasteiger partial charge in [-0.2, -0.15) is 0 Å². The number of nitrogens with zero attached hydrogens (tertiary/aromatic N) is 1. The molecule has 0 radical (unpaired) electrons. The molecule has 0 unspecified atom stereocenters. The summed E-state index contributed by atoms with van der Waals surface area (Å²) in [4.78, 5) is 2.52. The highest BCUT2D eigenvalue weighted by molar-refractivity contribution is 5.65. The smallest absolute Gasteiger partial charge is 0.0573 e. The average Bonchev–Trinajstić information content (AvgIpc) is 2.38. The highest BCUT2D eigenvalue weighted by atomic mass is 15.1. The second-order valence-electron chi connectivity index (χ2n) is 4.85. The zero-order valence-electron chi connectivity index (χ0n) is 10.7. The lowest BCUT2D eigenvalue weighted by molar-refractivity contribution is 0.198. The quantitative estimate of drug-likeness (QED) is 0.785. The fourth-order valence-corrected chi connectivity index (χ4v) is 2.42. The van der Waals surface area contributed by atoms with Gasteiger partial charge in [-0.25, -0.2) is 0 Å². The molecule has 0 spiro atoms. The first-order chi connectivity index (χ1) is 8.29. The summed E-state index contributed by atoms with van der Waals surface area (Å²) < 4.78 is 0. The van der Waals surface area contributed by atoms with Crippen molar-refractivity contribution in [2.24, 2.45) is 5.92 Å². The van der Waals surface area contributed by atoms with E-state index in [0.717, 1.165) is 23.8 Å². The van der Waals surface area contributed by atoms with Crippen LogP contribution in [0.3, 0.4) is 0 Å². The first-order valence-corrected chi connectivity index (χ1v) is 6.60. The van der Waals surface area contributed by atoms with Gasteiger partial charge < -0.3 is 16.0 Å². The van der Waals surface area contributed by atoms with Crippen molar-refractivity contribution in [2.45, 2.75) is 19.8 Å². The van der Waals surface area contributed by atoms with E-state index in [9.17, 15) is 0 Å². The first kappa shape index (κ1) is 12.2. The third kappa shape index (κ3) is 3.37. The van der Waals surface area contributed by atoms with Crippen molar-refractivity contribution in [1.82, 2.24) is 4.90 Å². The van der Waals surface area contributed by atoms with Gasteiger partial charge in [0.15, 0.2) is 0 Å². The van der Waals surface area contributed by atoms with Gasteiger partial charge in [0.25, 0.3) is 0 Å². The minimum absolute atomic E-state index is 0.789. The number of rotatable bonds is 4. The predicted molar refractivity (Wildman–Crippen MR) is 74.2 cm³/mol. The Morgan fingerprint density at radius 3 is 2.65 bits per heavy atom. The Labute approximate surface area is 104 Å². The molecular weight excluding hydrogens is 210 g/mol. The molecule has 3 nitrogen and oxygen atoms in total. The Balaban J connectivity index is 1.78. The van der Waals surface area contributed by atoms with Gasteiger partial charge in [0.05, 0.1) is 11.4 Å². The van der Waals surface area contributed by atoms with E-state index >= 15 is 0 Å². The van der Waals surface area contributed by atoms with Crippen LogP contribution in [0.5, 0.6) is 0 Å². The fourth-order valence-electron chi connectivity index (χ4n) is 2.42. The molecule has 1 aromatic rings. The van der Waals surface area contributed by atoms with Crippen LogP contribution in [-0.4, -0.2) is 31.1 Å². The van der Waals surface area contributed by atoms with Gasteiger partial charge in [-0.3, -0.25) is 0 Å². The van der Waals surface area contributed by atoms with Gasteiger partial charge in [-0.05, 0) is 50.5 Å². The molecule has 0 saturated carbocycles. The van der Waals surface area contributed by atoms with Gasteiger partial charge in [-0.15, -0.1) is 0 Å². The Kier molecular flexibility index (Phi) is 4.26. The zero-order valence-corrected chi connectivity index (χ0v) is 10.7. The van der Waals surface area contributed by atoms with E-state index in [1.165, 1.54) is 32.5 Å². The SMILES string of the molecule is CCN1CCC(CNc2ccccc2N)CC1. The lowest BCUT2D eigenvalue weighted by Crippen LogP contribution is -2.35. The molecule has 1 heterocycles. The standard InChI is InChI=1S/C14H23N3/c1-2-17-9-7-12(8-10-17)11-16-14-6-4-3-5-13(14)15/h3-6,12,16H,2,7-11,15H2,1H3. The number of hydrogen-bond donors (Lipinski definition) is 2. The van der Waals surface area contributed by atoms with E-state index in [-0.39, 0.29) is 0 Å². The molecule has 1 saturated heterocycles. The topological polar surface area (TPSA) is 41.3 Å². The van der Waals surface area contributed by atoms with Crippen molar-refractivity contribution in [1.29, 1.82) is 0 Å². The van der Waals surface area contributed by atoms with E-state index in [1.54, 1.807) is 0 Å². The molecule has 0 aromatic heterocycles. The van der Waals surface area contributed by atoms with Gasteiger partial charge in [0.1, 0.15) is 0 Å². The third-order valence-electron chi connectivity index (χ3n) is 3.70. The number of nitrogens with one attached hydrogen (secondary N) is 1. The number of benzene rings is 1. The Morgan fingerprint density at radius 2 is 2.00 bits per heavy atom. The van der Waals surface area contributed by atoms with Crippen LogP contribution in [0.4, 0.5) is 11.4 Å². The minimum atomic E-state index is 0.789. The van der Waals surface area contributed by atoms with Gasteiger partial charge in [0.2, 0.25) is 0 Å². The van der Waals surface area contributed by atoms with Crippen molar-refractivity contribution >= 4 is 11.4 Å². The minimum Gasteiger partial charge on any atom is -0.397 e. The maximum absolute atomic E-state index is 5.91. The molecule has 0 bridgehead atoms. The average molecular weight is 233 g/mol. The van der Waals surface area contributed by atoms with E-state index in [4.69, 9.17) is 5.73 Å². The third-order valence-corrected chi connectivity index (χ3v) is 3.70. The number of likely N-dealkylation sites (tertiary alicyclic amines) is 1. The van der Waals surface area contributed by atoms with Crippen molar-refractivity contribution in [2.75, 3.05) is 37.2 Å². The normalized spacial score (nSPS) is 18.2. The summed E-state index contributed by atoms with van der Waals surface area (Å²) in [6.45, 7) is 6.96. The van der Waals surface area contributed by atoms with Gasteiger partial charge in [0, 0.05) is 6.54 Å². The second kappa shape index (κ2) is 5.92. The van der Waals surface area contributed by atoms with Crippen LogP contribution in [0.15, 0.2) is 24.3 Å². The van der Waals surface area contributed by atoms with Gasteiger partial charge in [-0.1, -0.05) is 19.1 Å². The van der Waals surface area contributed by atoms with Crippen molar-refractivity contribution < 1.29 is 0 Å². The monoisotopic (exact) mass is 233 g/mol. The Morgan fingerprint density at radius 1 is 1.29 bits per heavy atom. The number of nitrogens with two attached hydrogens (primary N) is 1. The molecule has 1 aliphatic rings. The zero-order chi connectivity index (χ0) is 12.1. The molecule has 3 heteroatoms. The fraction of sp³-hybridized carbons (Fsp3) is 0.571. The predicted octanol–water partition coefficient (Wildman–Crippen LogP) is 2.41. The summed E-state index contributed by atoms with van der Waals surface area (Å²) in [7, 11) is 0. The number of piperidine rings is 1. The molecule has 0 atom stereocenters. The molecule has 2 rings (SSSR count). The molecule has 0 aliphatic carbocycles. The van der Waals surface area contributed by atoms with Crippen LogP contribution in [0.2, 0.25) is 0 Å². The molecular formula is C14H23N3. The number of hydrogen-bond acceptors (Lipinski definition) is 3. The van der Waals surface area contributed by atoms with Crippen molar-refractivity contribution in [3.05, 3.63) is 24.3 Å². The summed E-state index contributed by atoms with van der Waals surface area (Å²) in [5, 5.41) is 3.47. The lowest BCUT2D eigenvalue weighted by atomic mass is 9.97. The van der Waals surface area contributed by atoms with Gasteiger partial charge >= 0.3 is 0 Å². The summed E-state index contributed by atoms with van der Waals surface area (Å²) in [6.07, 6.45) is 2.60. The summed E-state index contributed by atoms with van der Waals surface area (Å²) in [5.74, 6) is 0.789. The van der Waals surface area contributed by atoms with Crippen LogP contribution in [-0.2, 0) is 0 Å². The summed E-state index contributed by atoms with van der Waals surface area (Å²) in [6, 6.07) is 8.00. The maximum Gasteiger partial charge on any atom is 0.0573 e.